The van der Waals surface area contributed by atoms with Gasteiger partial charge in [-0.05, 0) is 48.8 Å². The summed E-state index contributed by atoms with van der Waals surface area (Å²) in [7, 11) is 1.81. The Labute approximate surface area is 184 Å². The molecule has 150 valence electrons. The van der Waals surface area contributed by atoms with Gasteiger partial charge in [0.1, 0.15) is 0 Å². The molecule has 0 spiro atoms. The van der Waals surface area contributed by atoms with Gasteiger partial charge in [0.05, 0.1) is 6.61 Å². The van der Waals surface area contributed by atoms with Gasteiger partial charge in [-0.25, -0.2) is 4.98 Å². The number of nitrogens with zero attached hydrogens (tertiary/aromatic N) is 2. The first-order valence-electron chi connectivity index (χ1n) is 9.85. The zero-order chi connectivity index (χ0) is 18.5. The van der Waals surface area contributed by atoms with E-state index in [1.807, 2.05) is 25.4 Å². The first kappa shape index (κ1) is 20.9. The summed E-state index contributed by atoms with van der Waals surface area (Å²) >= 11 is 0. The molecule has 0 radical (unpaired) electrons. The zero-order valence-electron chi connectivity index (χ0n) is 16.4. The number of nitrogens with one attached hydrogen (secondary N) is 2. The Morgan fingerprint density at radius 1 is 1.18 bits per heavy atom. The van der Waals surface area contributed by atoms with E-state index in [1.54, 1.807) is 0 Å². The Hall–Kier alpha value is -1.83. The number of ether oxygens (including phenoxy) is 1. The fourth-order valence-corrected chi connectivity index (χ4v) is 3.30. The van der Waals surface area contributed by atoms with Crippen LogP contribution in [0, 0.1) is 5.92 Å². The average Bonchev–Trinajstić information content (AvgIpc) is 3.63. The molecule has 0 saturated heterocycles. The first-order valence-corrected chi connectivity index (χ1v) is 9.85. The second-order valence-corrected chi connectivity index (χ2v) is 7.68. The number of rotatable bonds is 8. The topological polar surface area (TPSA) is 58.5 Å². The van der Waals surface area contributed by atoms with Crippen LogP contribution in [0.5, 0.6) is 5.88 Å². The van der Waals surface area contributed by atoms with Gasteiger partial charge in [-0.15, -0.1) is 24.0 Å². The number of hydrogen-bond acceptors (Lipinski definition) is 3. The Balaban J connectivity index is 0.00000225. The van der Waals surface area contributed by atoms with Gasteiger partial charge in [0.2, 0.25) is 5.88 Å². The molecule has 2 aromatic rings. The molecule has 28 heavy (non-hydrogen) atoms. The maximum atomic E-state index is 5.77. The normalized spacial score (nSPS) is 17.4. The smallest absolute Gasteiger partial charge is 0.213 e. The second-order valence-electron chi connectivity index (χ2n) is 7.68. The van der Waals surface area contributed by atoms with E-state index in [4.69, 9.17) is 4.74 Å². The lowest BCUT2D eigenvalue weighted by Gasteiger charge is -2.19. The van der Waals surface area contributed by atoms with E-state index in [0.29, 0.717) is 12.4 Å². The van der Waals surface area contributed by atoms with Crippen molar-refractivity contribution in [2.24, 2.45) is 10.9 Å². The molecule has 0 unspecified atom stereocenters. The minimum atomic E-state index is 0. The van der Waals surface area contributed by atoms with Gasteiger partial charge in [-0.3, -0.25) is 4.99 Å². The second kappa shape index (κ2) is 9.58. The summed E-state index contributed by atoms with van der Waals surface area (Å²) in [5.41, 5.74) is 2.82. The van der Waals surface area contributed by atoms with Gasteiger partial charge in [0, 0.05) is 37.8 Å². The van der Waals surface area contributed by atoms with Crippen molar-refractivity contribution in [2.45, 2.75) is 37.6 Å². The Kier molecular flexibility index (Phi) is 7.15. The van der Waals surface area contributed by atoms with E-state index >= 15 is 0 Å². The molecule has 2 saturated carbocycles. The van der Waals surface area contributed by atoms with Crippen LogP contribution in [-0.4, -0.2) is 31.1 Å². The van der Waals surface area contributed by atoms with E-state index in [1.165, 1.54) is 31.2 Å². The lowest BCUT2D eigenvalue weighted by Crippen LogP contribution is -2.40. The van der Waals surface area contributed by atoms with E-state index in [9.17, 15) is 0 Å². The van der Waals surface area contributed by atoms with Crippen LogP contribution in [0.3, 0.4) is 0 Å². The molecule has 2 N–H and O–H groups in total. The molecule has 0 amide bonds. The first-order chi connectivity index (χ1) is 13.3. The molecule has 5 nitrogen and oxygen atoms in total. The molecule has 1 aromatic heterocycles. The molecule has 0 aliphatic heterocycles. The number of aromatic nitrogens is 1. The van der Waals surface area contributed by atoms with Crippen molar-refractivity contribution in [2.75, 3.05) is 20.2 Å². The van der Waals surface area contributed by atoms with Crippen molar-refractivity contribution in [3.05, 3.63) is 59.8 Å². The minimum absolute atomic E-state index is 0. The number of benzene rings is 1. The Morgan fingerprint density at radius 3 is 2.64 bits per heavy atom. The number of aliphatic imine (C=N–C) groups is 1. The SMILES string of the molecule is CN=C(NCc1ccnc(OCC2CC2)c1)NCC1(c2ccccc2)CC1.I. The maximum Gasteiger partial charge on any atom is 0.213 e. The van der Waals surface area contributed by atoms with Gasteiger partial charge in [-0.1, -0.05) is 30.3 Å². The molecule has 2 aliphatic carbocycles. The Bertz CT molecular complexity index is 788. The number of hydrogen-bond donors (Lipinski definition) is 2. The largest absolute Gasteiger partial charge is 0.477 e. The highest BCUT2D eigenvalue weighted by molar-refractivity contribution is 14.0. The average molecular weight is 492 g/mol. The number of pyridine rings is 1. The van der Waals surface area contributed by atoms with Crippen LogP contribution in [0.1, 0.15) is 36.8 Å². The predicted molar refractivity (Wildman–Crippen MR) is 123 cm³/mol. The zero-order valence-corrected chi connectivity index (χ0v) is 18.7. The standard InChI is InChI=1S/C22H28N4O.HI/c1-23-21(26-16-22(10-11-22)19-5-3-2-4-6-19)25-14-18-9-12-24-20(13-18)27-15-17-7-8-17;/h2-6,9,12-13,17H,7-8,10-11,14-16H2,1H3,(H2,23,25,26);1H. The van der Waals surface area contributed by atoms with Crippen LogP contribution in [0.4, 0.5) is 0 Å². The third kappa shape index (κ3) is 5.59. The summed E-state index contributed by atoms with van der Waals surface area (Å²) in [6, 6.07) is 14.8. The molecule has 0 atom stereocenters. The minimum Gasteiger partial charge on any atom is -0.477 e. The van der Waals surface area contributed by atoms with Crippen LogP contribution in [0.15, 0.2) is 53.7 Å². The van der Waals surface area contributed by atoms with Crippen LogP contribution < -0.4 is 15.4 Å². The molecule has 4 rings (SSSR count). The summed E-state index contributed by atoms with van der Waals surface area (Å²) in [5, 5.41) is 6.89. The van der Waals surface area contributed by atoms with E-state index < -0.39 is 0 Å². The molecule has 0 bridgehead atoms. The molecular weight excluding hydrogens is 463 g/mol. The maximum absolute atomic E-state index is 5.77. The Morgan fingerprint density at radius 2 is 1.96 bits per heavy atom. The van der Waals surface area contributed by atoms with Crippen molar-refractivity contribution in [1.82, 2.24) is 15.6 Å². The summed E-state index contributed by atoms with van der Waals surface area (Å²) in [6.45, 7) is 2.39. The predicted octanol–water partition coefficient (Wildman–Crippen LogP) is 3.89. The summed E-state index contributed by atoms with van der Waals surface area (Å²) in [5.74, 6) is 2.27. The highest BCUT2D eigenvalue weighted by atomic mass is 127. The van der Waals surface area contributed by atoms with Crippen molar-refractivity contribution in [1.29, 1.82) is 0 Å². The molecule has 1 heterocycles. The molecule has 6 heteroatoms. The van der Waals surface area contributed by atoms with E-state index in [-0.39, 0.29) is 29.4 Å². The monoisotopic (exact) mass is 492 g/mol. The fraction of sp³-hybridized carbons (Fsp3) is 0.455. The van der Waals surface area contributed by atoms with Crippen molar-refractivity contribution >= 4 is 29.9 Å². The summed E-state index contributed by atoms with van der Waals surface area (Å²) in [4.78, 5) is 8.67. The van der Waals surface area contributed by atoms with Crippen LogP contribution in [-0.2, 0) is 12.0 Å². The molecule has 2 aliphatic rings. The molecular formula is C22H29IN4O. The highest BCUT2D eigenvalue weighted by Crippen LogP contribution is 2.47. The van der Waals surface area contributed by atoms with Gasteiger partial charge < -0.3 is 15.4 Å². The summed E-state index contributed by atoms with van der Waals surface area (Å²) < 4.78 is 5.77. The van der Waals surface area contributed by atoms with Gasteiger partial charge in [0.25, 0.3) is 0 Å². The highest BCUT2D eigenvalue weighted by Gasteiger charge is 2.43. The molecule has 2 fully saturated rings. The number of halogens is 1. The van der Waals surface area contributed by atoms with Crippen LogP contribution >= 0.6 is 24.0 Å². The fourth-order valence-electron chi connectivity index (χ4n) is 3.30. The van der Waals surface area contributed by atoms with Crippen molar-refractivity contribution in [3.8, 4) is 5.88 Å². The van der Waals surface area contributed by atoms with Gasteiger partial charge >= 0.3 is 0 Å². The lowest BCUT2D eigenvalue weighted by atomic mass is 9.96. The third-order valence-corrected chi connectivity index (χ3v) is 5.48. The number of guanidine groups is 1. The van der Waals surface area contributed by atoms with E-state index in [0.717, 1.165) is 30.6 Å². The van der Waals surface area contributed by atoms with Crippen molar-refractivity contribution < 1.29 is 4.74 Å². The van der Waals surface area contributed by atoms with Crippen LogP contribution in [0.25, 0.3) is 0 Å². The van der Waals surface area contributed by atoms with Crippen LogP contribution in [0.2, 0.25) is 0 Å². The van der Waals surface area contributed by atoms with E-state index in [2.05, 4.69) is 50.9 Å². The molecule has 1 aromatic carbocycles. The summed E-state index contributed by atoms with van der Waals surface area (Å²) in [6.07, 6.45) is 6.84. The van der Waals surface area contributed by atoms with Crippen molar-refractivity contribution in [3.63, 3.8) is 0 Å². The quantitative estimate of drug-likeness (QED) is 0.334. The lowest BCUT2D eigenvalue weighted by molar-refractivity contribution is 0.288. The third-order valence-electron chi connectivity index (χ3n) is 5.48. The van der Waals surface area contributed by atoms with Gasteiger partial charge in [-0.2, -0.15) is 0 Å². The van der Waals surface area contributed by atoms with Gasteiger partial charge in [0.15, 0.2) is 5.96 Å².